The summed E-state index contributed by atoms with van der Waals surface area (Å²) in [5.41, 5.74) is 0.749. The smallest absolute Gasteiger partial charge is 0.232 e. The summed E-state index contributed by atoms with van der Waals surface area (Å²) in [5, 5.41) is 12.9. The van der Waals surface area contributed by atoms with Crippen molar-refractivity contribution in [2.24, 2.45) is 5.41 Å². The van der Waals surface area contributed by atoms with Crippen LogP contribution in [-0.2, 0) is 11.2 Å². The van der Waals surface area contributed by atoms with Gasteiger partial charge in [0.25, 0.3) is 0 Å². The van der Waals surface area contributed by atoms with Gasteiger partial charge < -0.3 is 10.6 Å². The molecule has 1 aliphatic rings. The highest BCUT2D eigenvalue weighted by atomic mass is 16.2. The Labute approximate surface area is 95.0 Å². The highest BCUT2D eigenvalue weighted by Gasteiger charge is 2.36. The summed E-state index contributed by atoms with van der Waals surface area (Å²) in [7, 11) is 0. The Morgan fingerprint density at radius 2 is 2.50 bits per heavy atom. The number of rotatable bonds is 3. The Kier molecular flexibility index (Phi) is 2.96. The molecule has 2 rings (SSSR count). The van der Waals surface area contributed by atoms with Crippen LogP contribution in [-0.4, -0.2) is 29.2 Å². The molecule has 0 spiro atoms. The molecule has 1 amide bonds. The van der Waals surface area contributed by atoms with Crippen LogP contribution in [0.2, 0.25) is 0 Å². The molecule has 0 aromatic carbocycles. The van der Waals surface area contributed by atoms with E-state index in [1.165, 1.54) is 0 Å². The number of anilines is 1. The van der Waals surface area contributed by atoms with Gasteiger partial charge in [0.05, 0.1) is 11.6 Å². The largest absolute Gasteiger partial charge is 0.316 e. The van der Waals surface area contributed by atoms with Crippen molar-refractivity contribution in [3.8, 4) is 0 Å². The molecule has 1 saturated heterocycles. The molecule has 1 aliphatic heterocycles. The highest BCUT2D eigenvalue weighted by Crippen LogP contribution is 2.26. The van der Waals surface area contributed by atoms with Crippen molar-refractivity contribution in [2.45, 2.75) is 26.7 Å². The summed E-state index contributed by atoms with van der Waals surface area (Å²) >= 11 is 0. The number of aromatic amines is 1. The minimum absolute atomic E-state index is 0.0662. The van der Waals surface area contributed by atoms with E-state index in [2.05, 4.69) is 20.8 Å². The predicted octanol–water partition coefficient (Wildman–Crippen LogP) is 0.910. The van der Waals surface area contributed by atoms with Crippen LogP contribution in [0.1, 0.15) is 25.8 Å². The molecule has 0 bridgehead atoms. The van der Waals surface area contributed by atoms with Gasteiger partial charge >= 0.3 is 0 Å². The zero-order valence-corrected chi connectivity index (χ0v) is 9.76. The van der Waals surface area contributed by atoms with Crippen LogP contribution < -0.4 is 10.6 Å². The normalized spacial score (nSPS) is 24.6. The fraction of sp³-hybridized carbons (Fsp3) is 0.636. The molecular weight excluding hydrogens is 204 g/mol. The van der Waals surface area contributed by atoms with E-state index in [4.69, 9.17) is 0 Å². The molecule has 3 N–H and O–H groups in total. The lowest BCUT2D eigenvalue weighted by molar-refractivity contribution is -0.123. The monoisotopic (exact) mass is 222 g/mol. The molecule has 1 aromatic rings. The number of hydrogen-bond acceptors (Lipinski definition) is 3. The van der Waals surface area contributed by atoms with Crippen LogP contribution >= 0.6 is 0 Å². The van der Waals surface area contributed by atoms with Crippen LogP contribution in [0.5, 0.6) is 0 Å². The molecule has 1 atom stereocenters. The second kappa shape index (κ2) is 4.25. The summed E-state index contributed by atoms with van der Waals surface area (Å²) in [6.07, 6.45) is 3.50. The molecule has 0 saturated carbocycles. The van der Waals surface area contributed by atoms with E-state index < -0.39 is 0 Å². The van der Waals surface area contributed by atoms with E-state index in [1.54, 1.807) is 6.20 Å². The second-order valence-electron chi connectivity index (χ2n) is 4.57. The van der Waals surface area contributed by atoms with Gasteiger partial charge in [0.2, 0.25) is 5.91 Å². The van der Waals surface area contributed by atoms with Crippen LogP contribution in [0.25, 0.3) is 0 Å². The number of H-pyrrole nitrogens is 1. The third-order valence-electron chi connectivity index (χ3n) is 3.25. The Hall–Kier alpha value is -1.36. The van der Waals surface area contributed by atoms with Crippen LogP contribution in [0, 0.1) is 5.41 Å². The van der Waals surface area contributed by atoms with E-state index in [1.807, 2.05) is 13.8 Å². The van der Waals surface area contributed by atoms with Crippen molar-refractivity contribution in [1.82, 2.24) is 15.5 Å². The molecule has 16 heavy (non-hydrogen) atoms. The first-order chi connectivity index (χ1) is 7.65. The standard InChI is InChI=1S/C11H18N4O/c1-3-8-6-13-15-9(8)14-10(16)11(2)4-5-12-7-11/h6,12H,3-5,7H2,1-2H3,(H2,13,14,15,16). The van der Waals surface area contributed by atoms with Gasteiger partial charge in [-0.15, -0.1) is 0 Å². The van der Waals surface area contributed by atoms with Gasteiger partial charge in [-0.25, -0.2) is 0 Å². The summed E-state index contributed by atoms with van der Waals surface area (Å²) in [6.45, 7) is 5.69. The molecule has 1 aromatic heterocycles. The molecule has 1 fully saturated rings. The maximum atomic E-state index is 12.1. The van der Waals surface area contributed by atoms with E-state index in [-0.39, 0.29) is 11.3 Å². The van der Waals surface area contributed by atoms with E-state index in [0.717, 1.165) is 37.3 Å². The lowest BCUT2D eigenvalue weighted by atomic mass is 9.89. The first kappa shape index (κ1) is 11.1. The number of amides is 1. The number of carbonyl (C=O) groups excluding carboxylic acids is 1. The van der Waals surface area contributed by atoms with Crippen LogP contribution in [0.15, 0.2) is 6.20 Å². The average molecular weight is 222 g/mol. The van der Waals surface area contributed by atoms with Gasteiger partial charge in [0, 0.05) is 12.1 Å². The minimum Gasteiger partial charge on any atom is -0.316 e. The molecule has 5 heteroatoms. The SMILES string of the molecule is CCc1cn[nH]c1NC(=O)C1(C)CCNC1. The fourth-order valence-corrected chi connectivity index (χ4v) is 1.96. The number of hydrogen-bond donors (Lipinski definition) is 3. The number of nitrogens with one attached hydrogen (secondary N) is 3. The Morgan fingerprint density at radius 3 is 3.12 bits per heavy atom. The Balaban J connectivity index is 2.07. The summed E-state index contributed by atoms with van der Waals surface area (Å²) in [4.78, 5) is 12.1. The molecule has 0 radical (unpaired) electrons. The average Bonchev–Trinajstić information content (AvgIpc) is 2.87. The Bertz CT molecular complexity index is 379. The van der Waals surface area contributed by atoms with Gasteiger partial charge in [-0.3, -0.25) is 9.89 Å². The van der Waals surface area contributed by atoms with Crippen LogP contribution in [0.4, 0.5) is 5.82 Å². The quantitative estimate of drug-likeness (QED) is 0.712. The van der Waals surface area contributed by atoms with Crippen molar-refractivity contribution >= 4 is 11.7 Å². The van der Waals surface area contributed by atoms with Crippen molar-refractivity contribution in [1.29, 1.82) is 0 Å². The van der Waals surface area contributed by atoms with E-state index in [0.29, 0.717) is 0 Å². The lowest BCUT2D eigenvalue weighted by Gasteiger charge is -2.21. The zero-order valence-electron chi connectivity index (χ0n) is 9.76. The van der Waals surface area contributed by atoms with Crippen molar-refractivity contribution in [2.75, 3.05) is 18.4 Å². The van der Waals surface area contributed by atoms with Crippen molar-refractivity contribution in [3.63, 3.8) is 0 Å². The minimum atomic E-state index is -0.296. The van der Waals surface area contributed by atoms with E-state index >= 15 is 0 Å². The summed E-state index contributed by atoms with van der Waals surface area (Å²) in [6, 6.07) is 0. The highest BCUT2D eigenvalue weighted by molar-refractivity contribution is 5.95. The van der Waals surface area contributed by atoms with Gasteiger partial charge in [-0.05, 0) is 26.3 Å². The Morgan fingerprint density at radius 1 is 1.69 bits per heavy atom. The first-order valence-corrected chi connectivity index (χ1v) is 5.70. The molecule has 88 valence electrons. The van der Waals surface area contributed by atoms with Crippen molar-refractivity contribution < 1.29 is 4.79 Å². The molecule has 0 aliphatic carbocycles. The lowest BCUT2D eigenvalue weighted by Crippen LogP contribution is -2.35. The molecular formula is C11H18N4O. The van der Waals surface area contributed by atoms with E-state index in [9.17, 15) is 4.79 Å². The van der Waals surface area contributed by atoms with Crippen molar-refractivity contribution in [3.05, 3.63) is 11.8 Å². The summed E-state index contributed by atoms with van der Waals surface area (Å²) < 4.78 is 0. The maximum Gasteiger partial charge on any atom is 0.232 e. The van der Waals surface area contributed by atoms with Crippen LogP contribution in [0.3, 0.4) is 0 Å². The molecule has 5 nitrogen and oxygen atoms in total. The number of nitrogens with zero attached hydrogens (tertiary/aromatic N) is 1. The third-order valence-corrected chi connectivity index (χ3v) is 3.25. The fourth-order valence-electron chi connectivity index (χ4n) is 1.96. The van der Waals surface area contributed by atoms with Gasteiger partial charge in [0.15, 0.2) is 0 Å². The predicted molar refractivity (Wildman–Crippen MR) is 62.2 cm³/mol. The maximum absolute atomic E-state index is 12.1. The zero-order chi connectivity index (χ0) is 11.6. The summed E-state index contributed by atoms with van der Waals surface area (Å²) in [5.74, 6) is 0.803. The number of aromatic nitrogens is 2. The molecule has 1 unspecified atom stereocenters. The molecule has 2 heterocycles. The number of aryl methyl sites for hydroxylation is 1. The topological polar surface area (TPSA) is 69.8 Å². The third kappa shape index (κ3) is 1.95. The van der Waals surface area contributed by atoms with Gasteiger partial charge in [0.1, 0.15) is 5.82 Å². The van der Waals surface area contributed by atoms with Gasteiger partial charge in [-0.2, -0.15) is 5.10 Å². The number of carbonyl (C=O) groups is 1. The van der Waals surface area contributed by atoms with Gasteiger partial charge in [-0.1, -0.05) is 6.92 Å². The second-order valence-corrected chi connectivity index (χ2v) is 4.57. The first-order valence-electron chi connectivity index (χ1n) is 5.70.